The number of halogens is 2. The molecule has 0 heterocycles. The number of ether oxygens (including phenoxy) is 1. The molecule has 0 saturated heterocycles. The molecule has 24 heavy (non-hydrogen) atoms. The van der Waals surface area contributed by atoms with E-state index in [0.717, 1.165) is 18.2 Å². The summed E-state index contributed by atoms with van der Waals surface area (Å²) in [5, 5.41) is 13.4. The number of nitrogens with one attached hydrogen (secondary N) is 1. The monoisotopic (exact) mass is 336 g/mol. The Bertz CT molecular complexity index is 796. The molecule has 2 rings (SSSR count). The van der Waals surface area contributed by atoms with Gasteiger partial charge in [-0.25, -0.2) is 8.78 Å². The summed E-state index contributed by atoms with van der Waals surface area (Å²) in [6, 6.07) is 6.26. The van der Waals surface area contributed by atoms with E-state index in [1.807, 2.05) is 0 Å². The molecule has 1 atom stereocenters. The minimum atomic E-state index is -1.03. The Morgan fingerprint density at radius 2 is 1.92 bits per heavy atom. The van der Waals surface area contributed by atoms with Crippen molar-refractivity contribution in [1.82, 2.24) is 5.32 Å². The number of non-ortho nitro benzene ring substituents is 1. The predicted molar refractivity (Wildman–Crippen MR) is 81.9 cm³/mol. The molecule has 0 aromatic heterocycles. The van der Waals surface area contributed by atoms with Crippen LogP contribution in [-0.4, -0.2) is 17.9 Å². The number of carbonyl (C=O) groups excluding carboxylic acids is 1. The molecular weight excluding hydrogens is 322 g/mol. The third-order valence-electron chi connectivity index (χ3n) is 3.43. The third kappa shape index (κ3) is 3.65. The number of hydrogen-bond acceptors (Lipinski definition) is 4. The lowest BCUT2D eigenvalue weighted by Gasteiger charge is -2.16. The molecule has 6 nitrogen and oxygen atoms in total. The van der Waals surface area contributed by atoms with Crippen molar-refractivity contribution in [1.29, 1.82) is 0 Å². The van der Waals surface area contributed by atoms with Crippen LogP contribution in [0.1, 0.15) is 28.9 Å². The largest absolute Gasteiger partial charge is 0.496 e. The van der Waals surface area contributed by atoms with Crippen molar-refractivity contribution < 1.29 is 23.2 Å². The van der Waals surface area contributed by atoms with Gasteiger partial charge in [0.15, 0.2) is 11.6 Å². The van der Waals surface area contributed by atoms with E-state index in [2.05, 4.69) is 5.32 Å². The van der Waals surface area contributed by atoms with E-state index in [1.54, 1.807) is 6.92 Å². The van der Waals surface area contributed by atoms with E-state index in [0.29, 0.717) is 5.56 Å². The van der Waals surface area contributed by atoms with Crippen molar-refractivity contribution in [3.63, 3.8) is 0 Å². The Labute approximate surface area is 136 Å². The molecule has 0 saturated carbocycles. The van der Waals surface area contributed by atoms with Gasteiger partial charge in [0.1, 0.15) is 5.75 Å². The summed E-state index contributed by atoms with van der Waals surface area (Å²) in [7, 11) is 1.33. The highest BCUT2D eigenvalue weighted by atomic mass is 19.2. The topological polar surface area (TPSA) is 81.5 Å². The van der Waals surface area contributed by atoms with Crippen LogP contribution in [0, 0.1) is 21.7 Å². The molecule has 1 amide bonds. The summed E-state index contributed by atoms with van der Waals surface area (Å²) >= 11 is 0. The van der Waals surface area contributed by atoms with Gasteiger partial charge < -0.3 is 10.1 Å². The van der Waals surface area contributed by atoms with Crippen LogP contribution in [0.5, 0.6) is 5.75 Å². The third-order valence-corrected chi connectivity index (χ3v) is 3.43. The van der Waals surface area contributed by atoms with Gasteiger partial charge in [-0.1, -0.05) is 6.07 Å². The van der Waals surface area contributed by atoms with Gasteiger partial charge in [-0.05, 0) is 30.7 Å². The SMILES string of the molecule is COc1ccc([N+](=O)[O-])cc1C(=O)NC(C)c1ccc(F)c(F)c1. The van der Waals surface area contributed by atoms with E-state index < -0.39 is 28.5 Å². The highest BCUT2D eigenvalue weighted by molar-refractivity contribution is 5.97. The van der Waals surface area contributed by atoms with E-state index >= 15 is 0 Å². The normalized spacial score (nSPS) is 11.7. The fourth-order valence-electron chi connectivity index (χ4n) is 2.13. The van der Waals surface area contributed by atoms with Crippen LogP contribution in [-0.2, 0) is 0 Å². The van der Waals surface area contributed by atoms with Crippen molar-refractivity contribution in [2.45, 2.75) is 13.0 Å². The Morgan fingerprint density at radius 1 is 1.21 bits per heavy atom. The highest BCUT2D eigenvalue weighted by Gasteiger charge is 2.20. The van der Waals surface area contributed by atoms with Crippen molar-refractivity contribution in [2.75, 3.05) is 7.11 Å². The minimum absolute atomic E-state index is 0.0267. The van der Waals surface area contributed by atoms with Gasteiger partial charge in [0.05, 0.1) is 23.6 Å². The maximum absolute atomic E-state index is 13.3. The zero-order valence-corrected chi connectivity index (χ0v) is 12.9. The number of rotatable bonds is 5. The zero-order valence-electron chi connectivity index (χ0n) is 12.9. The van der Waals surface area contributed by atoms with Crippen LogP contribution < -0.4 is 10.1 Å². The first-order chi connectivity index (χ1) is 11.3. The minimum Gasteiger partial charge on any atom is -0.496 e. The summed E-state index contributed by atoms with van der Waals surface area (Å²) in [5.74, 6) is -2.48. The van der Waals surface area contributed by atoms with Gasteiger partial charge in [-0.3, -0.25) is 14.9 Å². The summed E-state index contributed by atoms with van der Waals surface area (Å²) in [6.45, 7) is 1.58. The van der Waals surface area contributed by atoms with Crippen LogP contribution in [0.25, 0.3) is 0 Å². The maximum atomic E-state index is 13.3. The first-order valence-corrected chi connectivity index (χ1v) is 6.91. The van der Waals surface area contributed by atoms with E-state index in [-0.39, 0.29) is 17.0 Å². The van der Waals surface area contributed by atoms with Crippen molar-refractivity contribution in [2.24, 2.45) is 0 Å². The molecule has 0 aliphatic rings. The molecule has 1 N–H and O–H groups in total. The lowest BCUT2D eigenvalue weighted by atomic mass is 10.1. The Balaban J connectivity index is 2.26. The second-order valence-corrected chi connectivity index (χ2v) is 5.01. The number of amides is 1. The van der Waals surface area contributed by atoms with Gasteiger partial charge in [0.25, 0.3) is 11.6 Å². The molecule has 2 aromatic carbocycles. The van der Waals surface area contributed by atoms with Crippen LogP contribution in [0.15, 0.2) is 36.4 Å². The standard InChI is InChI=1S/C16H14F2N2O4/c1-9(10-3-5-13(17)14(18)7-10)19-16(21)12-8-11(20(22)23)4-6-15(12)24-2/h3-9H,1-2H3,(H,19,21). The van der Waals surface area contributed by atoms with Crippen molar-refractivity contribution in [3.05, 3.63) is 69.3 Å². The van der Waals surface area contributed by atoms with Gasteiger partial charge in [0, 0.05) is 12.1 Å². The number of nitro groups is 1. The number of nitrogens with zero attached hydrogens (tertiary/aromatic N) is 1. The lowest BCUT2D eigenvalue weighted by molar-refractivity contribution is -0.384. The quantitative estimate of drug-likeness (QED) is 0.670. The predicted octanol–water partition coefficient (Wildman–Crippen LogP) is 3.37. The highest BCUT2D eigenvalue weighted by Crippen LogP contribution is 2.25. The van der Waals surface area contributed by atoms with Gasteiger partial charge in [0.2, 0.25) is 0 Å². The van der Waals surface area contributed by atoms with Crippen molar-refractivity contribution in [3.8, 4) is 5.75 Å². The van der Waals surface area contributed by atoms with E-state index in [4.69, 9.17) is 4.74 Å². The average molecular weight is 336 g/mol. The summed E-state index contributed by atoms with van der Waals surface area (Å²) in [4.78, 5) is 22.6. The van der Waals surface area contributed by atoms with Gasteiger partial charge in [-0.15, -0.1) is 0 Å². The fraction of sp³-hybridized carbons (Fsp3) is 0.188. The Morgan fingerprint density at radius 3 is 2.50 bits per heavy atom. The molecule has 126 valence electrons. The number of carbonyl (C=O) groups is 1. The number of methoxy groups -OCH3 is 1. The molecule has 0 fully saturated rings. The summed E-state index contributed by atoms with van der Waals surface area (Å²) in [5.41, 5.74) is 0.0641. The molecule has 0 aliphatic carbocycles. The summed E-state index contributed by atoms with van der Waals surface area (Å²) in [6.07, 6.45) is 0. The van der Waals surface area contributed by atoms with Crippen LogP contribution in [0.4, 0.5) is 14.5 Å². The molecule has 0 spiro atoms. The van der Waals surface area contributed by atoms with Crippen LogP contribution >= 0.6 is 0 Å². The first kappa shape index (κ1) is 17.3. The molecular formula is C16H14F2N2O4. The summed E-state index contributed by atoms with van der Waals surface area (Å²) < 4.78 is 31.3. The first-order valence-electron chi connectivity index (χ1n) is 6.91. The van der Waals surface area contributed by atoms with E-state index in [1.165, 1.54) is 25.3 Å². The molecule has 0 bridgehead atoms. The maximum Gasteiger partial charge on any atom is 0.270 e. The second kappa shape index (κ2) is 7.03. The van der Waals surface area contributed by atoms with Crippen molar-refractivity contribution >= 4 is 11.6 Å². The smallest absolute Gasteiger partial charge is 0.270 e. The Hall–Kier alpha value is -3.03. The molecule has 0 aliphatic heterocycles. The fourth-order valence-corrected chi connectivity index (χ4v) is 2.13. The molecule has 2 aromatic rings. The van der Waals surface area contributed by atoms with Crippen LogP contribution in [0.2, 0.25) is 0 Å². The number of nitro benzene ring substituents is 1. The lowest BCUT2D eigenvalue weighted by Crippen LogP contribution is -2.27. The van der Waals surface area contributed by atoms with Crippen LogP contribution in [0.3, 0.4) is 0 Å². The Kier molecular flexibility index (Phi) is 5.08. The molecule has 8 heteroatoms. The number of benzene rings is 2. The molecule has 1 unspecified atom stereocenters. The van der Waals surface area contributed by atoms with E-state index in [9.17, 15) is 23.7 Å². The molecule has 0 radical (unpaired) electrons. The average Bonchev–Trinajstić information content (AvgIpc) is 2.56. The van der Waals surface area contributed by atoms with Gasteiger partial charge in [-0.2, -0.15) is 0 Å². The van der Waals surface area contributed by atoms with Gasteiger partial charge >= 0.3 is 0 Å². The second-order valence-electron chi connectivity index (χ2n) is 5.01. The number of hydrogen-bond donors (Lipinski definition) is 1. The zero-order chi connectivity index (χ0) is 17.9.